The molecule has 0 bridgehead atoms. The summed E-state index contributed by atoms with van der Waals surface area (Å²) in [4.78, 5) is 31.1. The minimum Gasteiger partial charge on any atom is -0.465 e. The highest BCUT2D eigenvalue weighted by atomic mass is 16.6. The quantitative estimate of drug-likeness (QED) is 0.478. The van der Waals surface area contributed by atoms with Crippen molar-refractivity contribution < 1.29 is 14.5 Å². The van der Waals surface area contributed by atoms with Crippen LogP contribution in [0.1, 0.15) is 45.7 Å². The van der Waals surface area contributed by atoms with Crippen molar-refractivity contribution in [1.29, 1.82) is 0 Å². The van der Waals surface area contributed by atoms with E-state index in [0.29, 0.717) is 0 Å². The zero-order valence-corrected chi connectivity index (χ0v) is 16.3. The molecule has 8 nitrogen and oxygen atoms in total. The first kappa shape index (κ1) is 19.5. The maximum absolute atomic E-state index is 12.6. The number of anilines is 1. The van der Waals surface area contributed by atoms with Crippen LogP contribution in [0.25, 0.3) is 0 Å². The predicted molar refractivity (Wildman–Crippen MR) is 101 cm³/mol. The first-order valence-corrected chi connectivity index (χ1v) is 9.51. The third kappa shape index (κ3) is 3.63. The Labute approximate surface area is 159 Å². The molecular formula is C19H28N4O4. The van der Waals surface area contributed by atoms with Crippen molar-refractivity contribution in [3.05, 3.63) is 34.0 Å². The maximum Gasteiger partial charge on any atom is 0.323 e. The van der Waals surface area contributed by atoms with E-state index in [4.69, 9.17) is 4.74 Å². The third-order valence-electron chi connectivity index (χ3n) is 5.52. The number of carbonyl (C=O) groups is 1. The van der Waals surface area contributed by atoms with Crippen LogP contribution < -0.4 is 10.2 Å². The highest BCUT2D eigenvalue weighted by molar-refractivity contribution is 5.77. The molecule has 3 heterocycles. The molecule has 1 aromatic rings. The lowest BCUT2D eigenvalue weighted by molar-refractivity contribution is -0.535. The number of hydrogen-bond donors (Lipinski definition) is 1. The summed E-state index contributed by atoms with van der Waals surface area (Å²) in [7, 11) is 0. The average molecular weight is 376 g/mol. The van der Waals surface area contributed by atoms with Gasteiger partial charge in [-0.05, 0) is 24.8 Å². The molecule has 3 rings (SSSR count). The Hall–Kier alpha value is -2.22. The Morgan fingerprint density at radius 1 is 1.44 bits per heavy atom. The van der Waals surface area contributed by atoms with Crippen LogP contribution in [0.15, 0.2) is 18.3 Å². The lowest BCUT2D eigenvalue weighted by Gasteiger charge is -2.35. The van der Waals surface area contributed by atoms with Gasteiger partial charge in [0.15, 0.2) is 0 Å². The zero-order chi connectivity index (χ0) is 19.8. The molecule has 2 fully saturated rings. The summed E-state index contributed by atoms with van der Waals surface area (Å²) in [6, 6.07) is 1.41. The van der Waals surface area contributed by atoms with Gasteiger partial charge in [0.05, 0.1) is 12.5 Å². The van der Waals surface area contributed by atoms with Crippen LogP contribution in [-0.4, -0.2) is 47.7 Å². The summed E-state index contributed by atoms with van der Waals surface area (Å²) in [6.45, 7) is 9.57. The summed E-state index contributed by atoms with van der Waals surface area (Å²) < 4.78 is 5.22. The standard InChI is InChI=1S/C19H28N4O4/c1-5-27-18(24)15-13(19(2,3)4)16(23(25)26)14(21-15)12-8-6-9-20-17(12)22-10-7-11-22/h6,8-9,13-16,21H,5,7,10-11H2,1-4H3/t13-,14+,15+,16+/m1/s1. The molecule has 2 saturated heterocycles. The second-order valence-electron chi connectivity index (χ2n) is 8.30. The smallest absolute Gasteiger partial charge is 0.323 e. The van der Waals surface area contributed by atoms with Gasteiger partial charge >= 0.3 is 5.97 Å². The number of esters is 1. The first-order valence-electron chi connectivity index (χ1n) is 9.51. The highest BCUT2D eigenvalue weighted by Gasteiger charge is 2.59. The molecule has 1 N–H and O–H groups in total. The van der Waals surface area contributed by atoms with Crippen LogP contribution in [0.5, 0.6) is 0 Å². The van der Waals surface area contributed by atoms with Gasteiger partial charge < -0.3 is 9.64 Å². The normalized spacial score (nSPS) is 27.9. The molecule has 2 aliphatic rings. The number of aromatic nitrogens is 1. The number of ether oxygens (including phenoxy) is 1. The molecule has 8 heteroatoms. The van der Waals surface area contributed by atoms with E-state index < -0.39 is 35.4 Å². The van der Waals surface area contributed by atoms with Crippen molar-refractivity contribution >= 4 is 11.8 Å². The van der Waals surface area contributed by atoms with E-state index in [0.717, 1.165) is 30.9 Å². The Bertz CT molecular complexity index is 714. The van der Waals surface area contributed by atoms with Gasteiger partial charge in [-0.15, -0.1) is 0 Å². The van der Waals surface area contributed by atoms with Crippen molar-refractivity contribution in [2.45, 2.75) is 52.2 Å². The van der Waals surface area contributed by atoms with Crippen LogP contribution in [0, 0.1) is 21.4 Å². The van der Waals surface area contributed by atoms with Gasteiger partial charge in [-0.2, -0.15) is 0 Å². The number of nitrogens with zero attached hydrogens (tertiary/aromatic N) is 3. The molecule has 27 heavy (non-hydrogen) atoms. The molecule has 0 saturated carbocycles. The molecule has 0 radical (unpaired) electrons. The molecule has 0 aromatic carbocycles. The molecule has 148 valence electrons. The monoisotopic (exact) mass is 376 g/mol. The zero-order valence-electron chi connectivity index (χ0n) is 16.3. The first-order chi connectivity index (χ1) is 12.8. The summed E-state index contributed by atoms with van der Waals surface area (Å²) >= 11 is 0. The predicted octanol–water partition coefficient (Wildman–Crippen LogP) is 2.18. The Morgan fingerprint density at radius 2 is 2.15 bits per heavy atom. The summed E-state index contributed by atoms with van der Waals surface area (Å²) in [5.41, 5.74) is 0.329. The number of pyridine rings is 1. The van der Waals surface area contributed by atoms with Crippen molar-refractivity contribution in [3.8, 4) is 0 Å². The number of nitro groups is 1. The van der Waals surface area contributed by atoms with Crippen LogP contribution in [0.2, 0.25) is 0 Å². The fourth-order valence-electron chi connectivity index (χ4n) is 4.23. The molecule has 4 atom stereocenters. The molecule has 1 aromatic heterocycles. The van der Waals surface area contributed by atoms with E-state index in [-0.39, 0.29) is 11.5 Å². The lowest BCUT2D eigenvalue weighted by atomic mass is 9.73. The van der Waals surface area contributed by atoms with Gasteiger partial charge in [0, 0.05) is 29.8 Å². The van der Waals surface area contributed by atoms with E-state index in [1.165, 1.54) is 0 Å². The number of hydrogen-bond acceptors (Lipinski definition) is 7. The largest absolute Gasteiger partial charge is 0.465 e. The van der Waals surface area contributed by atoms with Crippen molar-refractivity contribution in [1.82, 2.24) is 10.3 Å². The number of nitrogens with one attached hydrogen (secondary N) is 1. The maximum atomic E-state index is 12.6. The van der Waals surface area contributed by atoms with E-state index in [1.807, 2.05) is 26.8 Å². The van der Waals surface area contributed by atoms with E-state index in [9.17, 15) is 14.9 Å². The topological polar surface area (TPSA) is 97.6 Å². The van der Waals surface area contributed by atoms with Gasteiger partial charge in [0.2, 0.25) is 6.04 Å². The Balaban J connectivity index is 2.04. The average Bonchev–Trinajstić information content (AvgIpc) is 2.95. The van der Waals surface area contributed by atoms with Crippen LogP contribution in [-0.2, 0) is 9.53 Å². The van der Waals surface area contributed by atoms with Crippen LogP contribution in [0.4, 0.5) is 5.82 Å². The molecule has 0 aliphatic carbocycles. The van der Waals surface area contributed by atoms with Crippen molar-refractivity contribution in [2.75, 3.05) is 24.6 Å². The van der Waals surface area contributed by atoms with Gasteiger partial charge in [-0.1, -0.05) is 26.8 Å². The summed E-state index contributed by atoms with van der Waals surface area (Å²) in [6.07, 6.45) is 2.79. The molecule has 0 unspecified atom stereocenters. The number of rotatable bonds is 5. The second kappa shape index (κ2) is 7.42. The summed E-state index contributed by atoms with van der Waals surface area (Å²) in [5.74, 6) is -0.160. The van der Waals surface area contributed by atoms with Gasteiger partial charge in [-0.25, -0.2) is 4.98 Å². The minimum atomic E-state index is -0.941. The molecule has 0 spiro atoms. The van der Waals surface area contributed by atoms with Crippen LogP contribution in [0.3, 0.4) is 0 Å². The van der Waals surface area contributed by atoms with Crippen molar-refractivity contribution in [3.63, 3.8) is 0 Å². The Kier molecular flexibility index (Phi) is 5.37. The summed E-state index contributed by atoms with van der Waals surface area (Å²) in [5, 5.41) is 15.4. The number of carbonyl (C=O) groups excluding carboxylic acids is 1. The van der Waals surface area contributed by atoms with Gasteiger partial charge in [-0.3, -0.25) is 20.2 Å². The lowest BCUT2D eigenvalue weighted by Crippen LogP contribution is -2.45. The molecular weight excluding hydrogens is 348 g/mol. The fourth-order valence-corrected chi connectivity index (χ4v) is 4.23. The van der Waals surface area contributed by atoms with Gasteiger partial charge in [0.1, 0.15) is 17.9 Å². The minimum absolute atomic E-state index is 0.244. The highest BCUT2D eigenvalue weighted by Crippen LogP contribution is 2.45. The third-order valence-corrected chi connectivity index (χ3v) is 5.52. The second-order valence-corrected chi connectivity index (χ2v) is 8.30. The Morgan fingerprint density at radius 3 is 2.67 bits per heavy atom. The van der Waals surface area contributed by atoms with Crippen molar-refractivity contribution in [2.24, 2.45) is 11.3 Å². The molecule has 0 amide bonds. The van der Waals surface area contributed by atoms with E-state index in [1.54, 1.807) is 19.2 Å². The van der Waals surface area contributed by atoms with Crippen LogP contribution >= 0.6 is 0 Å². The molecule has 2 aliphatic heterocycles. The van der Waals surface area contributed by atoms with Gasteiger partial charge in [0.25, 0.3) is 0 Å². The van der Waals surface area contributed by atoms with E-state index >= 15 is 0 Å². The van der Waals surface area contributed by atoms with E-state index in [2.05, 4.69) is 15.2 Å². The fraction of sp³-hybridized carbons (Fsp3) is 0.684. The SMILES string of the molecule is CCOC(=O)[C@H]1N[C@@H](c2cccnc2N2CCC2)[C@@H]([N+](=O)[O-])[C@@H]1C(C)(C)C.